The highest BCUT2D eigenvalue weighted by Crippen LogP contribution is 2.35. The van der Waals surface area contributed by atoms with E-state index in [2.05, 4.69) is 32.8 Å². The Morgan fingerprint density at radius 2 is 1.97 bits per heavy atom. The Bertz CT molecular complexity index is 1210. The van der Waals surface area contributed by atoms with Gasteiger partial charge in [-0.15, -0.1) is 0 Å². The van der Waals surface area contributed by atoms with Crippen LogP contribution in [-0.4, -0.2) is 67.1 Å². The summed E-state index contributed by atoms with van der Waals surface area (Å²) >= 11 is 0. The molecule has 0 radical (unpaired) electrons. The van der Waals surface area contributed by atoms with Crippen molar-refractivity contribution in [1.29, 1.82) is 0 Å². The molecule has 0 saturated heterocycles. The van der Waals surface area contributed by atoms with E-state index in [0.29, 0.717) is 28.7 Å². The SMILES string of the molecule is C=NN1C(NC)=CC(Nc2cccn([C@H]3CC[C@@H](OC)CC3)c2=O)=N/C1=C(/C)C(=O)N[C@@H]1CC[C@@]1(C)OC. The van der Waals surface area contributed by atoms with E-state index in [1.807, 2.05) is 19.2 Å². The lowest BCUT2D eigenvalue weighted by Gasteiger charge is -2.46. The normalized spacial score (nSPS) is 28.4. The minimum absolute atomic E-state index is 0.0908. The van der Waals surface area contributed by atoms with E-state index in [1.165, 1.54) is 5.01 Å². The molecular weight excluding hydrogens is 486 g/mol. The monoisotopic (exact) mass is 525 g/mol. The molecule has 1 aromatic heterocycles. The Hall–Kier alpha value is -3.44. The van der Waals surface area contributed by atoms with Crippen molar-refractivity contribution in [3.05, 3.63) is 52.0 Å². The molecule has 2 fully saturated rings. The van der Waals surface area contributed by atoms with Crippen LogP contribution in [0.1, 0.15) is 58.4 Å². The van der Waals surface area contributed by atoms with Gasteiger partial charge < -0.3 is 30.0 Å². The molecule has 1 aliphatic heterocycles. The number of ether oxygens (including phenoxy) is 2. The van der Waals surface area contributed by atoms with Gasteiger partial charge in [-0.25, -0.2) is 4.99 Å². The van der Waals surface area contributed by atoms with Crippen LogP contribution in [0.25, 0.3) is 0 Å². The van der Waals surface area contributed by atoms with Crippen LogP contribution in [0.4, 0.5) is 5.69 Å². The number of rotatable bonds is 8. The third kappa shape index (κ3) is 5.39. The number of carbonyl (C=O) groups excluding carboxylic acids is 1. The summed E-state index contributed by atoms with van der Waals surface area (Å²) in [4.78, 5) is 31.2. The number of hydrogen-bond acceptors (Lipinski definition) is 9. The number of carbonyl (C=O) groups is 1. The molecule has 38 heavy (non-hydrogen) atoms. The predicted molar refractivity (Wildman–Crippen MR) is 148 cm³/mol. The number of nitrogens with one attached hydrogen (secondary N) is 3. The molecule has 2 aliphatic carbocycles. The topological polar surface area (TPSA) is 122 Å². The van der Waals surface area contributed by atoms with Gasteiger partial charge in [0.2, 0.25) is 0 Å². The first kappa shape index (κ1) is 27.6. The molecule has 1 aromatic rings. The quantitative estimate of drug-likeness (QED) is 0.352. The molecule has 3 N–H and O–H groups in total. The molecule has 0 spiro atoms. The number of hydrogen-bond donors (Lipinski definition) is 3. The summed E-state index contributed by atoms with van der Waals surface area (Å²) in [5.41, 5.74) is 0.261. The minimum atomic E-state index is -0.383. The average Bonchev–Trinajstić information content (AvgIpc) is 2.94. The summed E-state index contributed by atoms with van der Waals surface area (Å²) in [7, 11) is 5.13. The Kier molecular flexibility index (Phi) is 8.37. The highest BCUT2D eigenvalue weighted by molar-refractivity contribution is 6.06. The maximum Gasteiger partial charge on any atom is 0.274 e. The Morgan fingerprint density at radius 1 is 1.24 bits per heavy atom. The van der Waals surface area contributed by atoms with E-state index in [4.69, 9.17) is 9.47 Å². The van der Waals surface area contributed by atoms with Crippen molar-refractivity contribution in [1.82, 2.24) is 20.2 Å². The molecule has 206 valence electrons. The van der Waals surface area contributed by atoms with Crippen LogP contribution in [-0.2, 0) is 14.3 Å². The smallest absolute Gasteiger partial charge is 0.274 e. The lowest BCUT2D eigenvalue weighted by Crippen LogP contribution is -2.59. The van der Waals surface area contributed by atoms with Crippen molar-refractivity contribution in [2.75, 3.05) is 26.6 Å². The van der Waals surface area contributed by atoms with Gasteiger partial charge in [0.25, 0.3) is 11.5 Å². The van der Waals surface area contributed by atoms with Gasteiger partial charge in [0.05, 0.1) is 23.3 Å². The number of methoxy groups -OCH3 is 2. The van der Waals surface area contributed by atoms with Crippen LogP contribution in [0.5, 0.6) is 0 Å². The highest BCUT2D eigenvalue weighted by atomic mass is 16.5. The Morgan fingerprint density at radius 3 is 2.55 bits per heavy atom. The zero-order valence-electron chi connectivity index (χ0n) is 22.9. The summed E-state index contributed by atoms with van der Waals surface area (Å²) in [6.07, 6.45) is 9.15. The first-order chi connectivity index (χ1) is 18.2. The Labute approximate surface area is 223 Å². The molecule has 4 rings (SSSR count). The standard InChI is InChI=1S/C27H39N7O4/c1-17(25(35)31-21-13-14-27(21,2)38-6)24-32-22(16-23(28-3)34(24)29-4)30-20-8-7-15-33(26(20)36)18-9-11-19(37-5)12-10-18/h7-8,15-16,18-19,21,28H,4,9-14H2,1-3,5-6H3,(H,30,32)(H,31,35)/b24-17+/t18-,19+,21-,27-/m1/s1. The summed E-state index contributed by atoms with van der Waals surface area (Å²) in [5, 5.41) is 14.8. The zero-order chi connectivity index (χ0) is 27.4. The minimum Gasteiger partial charge on any atom is -0.381 e. The molecule has 2 saturated carbocycles. The second-order valence-electron chi connectivity index (χ2n) is 10.2. The lowest BCUT2D eigenvalue weighted by molar-refractivity contribution is -0.127. The lowest BCUT2D eigenvalue weighted by atomic mass is 9.76. The fraction of sp³-hybridized carbons (Fsp3) is 0.556. The highest BCUT2D eigenvalue weighted by Gasteiger charge is 2.44. The van der Waals surface area contributed by atoms with Gasteiger partial charge in [0.1, 0.15) is 17.3 Å². The molecule has 3 aliphatic rings. The molecule has 0 unspecified atom stereocenters. The predicted octanol–water partition coefficient (Wildman–Crippen LogP) is 2.70. The fourth-order valence-corrected chi connectivity index (χ4v) is 5.25. The first-order valence-electron chi connectivity index (χ1n) is 13.1. The van der Waals surface area contributed by atoms with Crippen LogP contribution < -0.4 is 21.5 Å². The van der Waals surface area contributed by atoms with Crippen molar-refractivity contribution in [2.45, 2.75) is 76.2 Å². The molecule has 2 heterocycles. The van der Waals surface area contributed by atoms with E-state index < -0.39 is 0 Å². The molecule has 11 heteroatoms. The second kappa shape index (κ2) is 11.5. The molecule has 11 nitrogen and oxygen atoms in total. The van der Waals surface area contributed by atoms with E-state index in [9.17, 15) is 9.59 Å². The number of amides is 1. The van der Waals surface area contributed by atoms with Crippen molar-refractivity contribution < 1.29 is 14.3 Å². The van der Waals surface area contributed by atoms with Gasteiger partial charge in [-0.1, -0.05) is 0 Å². The van der Waals surface area contributed by atoms with E-state index in [0.717, 1.165) is 38.5 Å². The Balaban J connectivity index is 1.60. The van der Waals surface area contributed by atoms with Crippen molar-refractivity contribution in [3.8, 4) is 0 Å². The van der Waals surface area contributed by atoms with Gasteiger partial charge >= 0.3 is 0 Å². The first-order valence-corrected chi connectivity index (χ1v) is 13.1. The van der Waals surface area contributed by atoms with Crippen LogP contribution in [0.15, 0.2) is 56.5 Å². The van der Waals surface area contributed by atoms with Gasteiger partial charge in [0, 0.05) is 46.3 Å². The number of hydrazone groups is 1. The molecule has 1 amide bonds. The number of nitrogens with zero attached hydrogens (tertiary/aromatic N) is 4. The van der Waals surface area contributed by atoms with Crippen LogP contribution in [0, 0.1) is 0 Å². The van der Waals surface area contributed by atoms with Gasteiger partial charge in [-0.05, 0) is 64.5 Å². The third-order valence-corrected chi connectivity index (χ3v) is 8.05. The van der Waals surface area contributed by atoms with Crippen molar-refractivity contribution >= 4 is 24.1 Å². The summed E-state index contributed by atoms with van der Waals surface area (Å²) in [6, 6.07) is 3.63. The van der Waals surface area contributed by atoms with Crippen molar-refractivity contribution in [3.63, 3.8) is 0 Å². The number of aliphatic imine (C=N–C) groups is 1. The average molecular weight is 526 g/mol. The summed E-state index contributed by atoms with van der Waals surface area (Å²) in [5.74, 6) is 0.995. The van der Waals surface area contributed by atoms with Crippen LogP contribution >= 0.6 is 0 Å². The summed E-state index contributed by atoms with van der Waals surface area (Å²) < 4.78 is 12.9. The van der Waals surface area contributed by atoms with Crippen molar-refractivity contribution in [2.24, 2.45) is 10.1 Å². The van der Waals surface area contributed by atoms with Crippen LogP contribution in [0.3, 0.4) is 0 Å². The summed E-state index contributed by atoms with van der Waals surface area (Å²) in [6.45, 7) is 7.33. The van der Waals surface area contributed by atoms with E-state index in [-0.39, 0.29) is 35.3 Å². The van der Waals surface area contributed by atoms with E-state index in [1.54, 1.807) is 44.9 Å². The third-order valence-electron chi connectivity index (χ3n) is 8.05. The number of pyridine rings is 1. The molecule has 2 atom stereocenters. The van der Waals surface area contributed by atoms with Gasteiger partial charge in [-0.3, -0.25) is 9.59 Å². The zero-order valence-corrected chi connectivity index (χ0v) is 22.9. The number of amidine groups is 1. The van der Waals surface area contributed by atoms with Gasteiger partial charge in [0.15, 0.2) is 5.82 Å². The molecule has 0 aromatic carbocycles. The van der Waals surface area contributed by atoms with E-state index >= 15 is 0 Å². The van der Waals surface area contributed by atoms with Gasteiger partial charge in [-0.2, -0.15) is 10.1 Å². The molecular formula is C27H39N7O4. The molecule has 0 bridgehead atoms. The second-order valence-corrected chi connectivity index (χ2v) is 10.2. The largest absolute Gasteiger partial charge is 0.381 e. The maximum atomic E-state index is 13.4. The maximum absolute atomic E-state index is 13.4. The number of aromatic nitrogens is 1. The fourth-order valence-electron chi connectivity index (χ4n) is 5.25. The van der Waals surface area contributed by atoms with Crippen LogP contribution in [0.2, 0.25) is 0 Å². The number of anilines is 1.